The summed E-state index contributed by atoms with van der Waals surface area (Å²) in [4.78, 5) is 14.9. The lowest BCUT2D eigenvalue weighted by Crippen LogP contribution is -2.19. The van der Waals surface area contributed by atoms with E-state index in [-0.39, 0.29) is 6.61 Å². The molecule has 0 radical (unpaired) electrons. The number of ether oxygens (including phenoxy) is 2. The second kappa shape index (κ2) is 18.9. The predicted molar refractivity (Wildman–Crippen MR) is 156 cm³/mol. The number of carbonyl (C=O) groups is 1. The normalized spacial score (nSPS) is 10.6. The molecular weight excluding hydrogens is 486 g/mol. The van der Waals surface area contributed by atoms with Gasteiger partial charge in [0.2, 0.25) is 0 Å². The number of unbranched alkanes of at least 4 members (excludes halogenated alkanes) is 2. The zero-order chi connectivity index (χ0) is 27.5. The SMILES string of the molecule is C=C(CCCCCNSN)NC(C)=NC(=C(C)C)c1ccc(OC)cc1.NC(=O)OCc1ccccc1. The molecule has 0 saturated heterocycles. The van der Waals surface area contributed by atoms with Crippen LogP contribution in [0.4, 0.5) is 4.79 Å². The van der Waals surface area contributed by atoms with Gasteiger partial charge in [-0.05, 0) is 69.9 Å². The molecule has 0 spiro atoms. The summed E-state index contributed by atoms with van der Waals surface area (Å²) in [6.07, 6.45) is 3.56. The topological polar surface area (TPSA) is 124 Å². The van der Waals surface area contributed by atoms with Gasteiger partial charge in [0.15, 0.2) is 0 Å². The lowest BCUT2D eigenvalue weighted by atomic mass is 10.1. The Labute approximate surface area is 225 Å². The van der Waals surface area contributed by atoms with Gasteiger partial charge in [-0.2, -0.15) is 0 Å². The molecule has 37 heavy (non-hydrogen) atoms. The van der Waals surface area contributed by atoms with E-state index >= 15 is 0 Å². The number of hydrogen-bond donors (Lipinski definition) is 4. The third-order valence-electron chi connectivity index (χ3n) is 5.04. The largest absolute Gasteiger partial charge is 0.497 e. The van der Waals surface area contributed by atoms with Gasteiger partial charge in [0.25, 0.3) is 0 Å². The molecule has 0 atom stereocenters. The second-order valence-corrected chi connectivity index (χ2v) is 8.94. The molecule has 0 aliphatic heterocycles. The Kier molecular flexibility index (Phi) is 16.2. The number of aliphatic imine (C=N–C) groups is 1. The number of amides is 1. The van der Waals surface area contributed by atoms with Gasteiger partial charge in [-0.15, -0.1) is 0 Å². The Morgan fingerprint density at radius 1 is 1.03 bits per heavy atom. The highest BCUT2D eigenvalue weighted by Crippen LogP contribution is 2.23. The van der Waals surface area contributed by atoms with Crippen LogP contribution in [0.25, 0.3) is 5.70 Å². The van der Waals surface area contributed by atoms with E-state index in [2.05, 4.69) is 35.2 Å². The van der Waals surface area contributed by atoms with E-state index in [0.29, 0.717) is 0 Å². The first kappa shape index (κ1) is 31.8. The molecule has 2 rings (SSSR count). The van der Waals surface area contributed by atoms with Gasteiger partial charge < -0.3 is 20.5 Å². The number of nitrogens with zero attached hydrogens (tertiary/aromatic N) is 1. The molecule has 0 bridgehead atoms. The maximum Gasteiger partial charge on any atom is 0.404 e. The van der Waals surface area contributed by atoms with Crippen LogP contribution in [0.5, 0.6) is 5.75 Å². The average molecular weight is 528 g/mol. The number of hydrogen-bond acceptors (Lipinski definition) is 7. The summed E-state index contributed by atoms with van der Waals surface area (Å²) in [6.45, 7) is 11.4. The molecule has 0 fully saturated rings. The first-order valence-electron chi connectivity index (χ1n) is 12.1. The molecule has 0 heterocycles. The van der Waals surface area contributed by atoms with Gasteiger partial charge >= 0.3 is 6.09 Å². The molecule has 0 aliphatic rings. The summed E-state index contributed by atoms with van der Waals surface area (Å²) in [5.41, 5.74) is 9.91. The van der Waals surface area contributed by atoms with Crippen molar-refractivity contribution < 1.29 is 14.3 Å². The molecule has 6 N–H and O–H groups in total. The number of nitrogens with two attached hydrogens (primary N) is 2. The Bertz CT molecular complexity index is 1000. The fourth-order valence-electron chi connectivity index (χ4n) is 3.23. The van der Waals surface area contributed by atoms with Crippen LogP contribution in [0, 0.1) is 0 Å². The van der Waals surface area contributed by atoms with Crippen LogP contribution in [0.2, 0.25) is 0 Å². The Balaban J connectivity index is 0.000000516. The van der Waals surface area contributed by atoms with Crippen molar-refractivity contribution in [2.45, 2.75) is 53.1 Å². The van der Waals surface area contributed by atoms with E-state index in [1.165, 1.54) is 12.1 Å². The molecule has 8 nitrogen and oxygen atoms in total. The molecular formula is C28H41N5O3S. The maximum atomic E-state index is 10.2. The van der Waals surface area contributed by atoms with Gasteiger partial charge in [0, 0.05) is 29.9 Å². The van der Waals surface area contributed by atoms with E-state index in [1.807, 2.05) is 61.5 Å². The van der Waals surface area contributed by atoms with E-state index in [4.69, 9.17) is 20.6 Å². The lowest BCUT2D eigenvalue weighted by Gasteiger charge is -2.12. The first-order valence-corrected chi connectivity index (χ1v) is 13.0. The first-order chi connectivity index (χ1) is 17.8. The third-order valence-corrected chi connectivity index (χ3v) is 5.41. The lowest BCUT2D eigenvalue weighted by molar-refractivity contribution is 0.150. The molecule has 2 aromatic carbocycles. The van der Waals surface area contributed by atoms with Crippen LogP contribution in [0.3, 0.4) is 0 Å². The molecule has 0 aromatic heterocycles. The highest BCUT2D eigenvalue weighted by Gasteiger charge is 2.05. The van der Waals surface area contributed by atoms with Crippen LogP contribution in [-0.2, 0) is 11.3 Å². The number of amidine groups is 1. The minimum Gasteiger partial charge on any atom is -0.497 e. The Morgan fingerprint density at radius 3 is 2.27 bits per heavy atom. The highest BCUT2D eigenvalue weighted by molar-refractivity contribution is 7.95. The van der Waals surface area contributed by atoms with E-state index in [0.717, 1.165) is 71.9 Å². The van der Waals surface area contributed by atoms with Crippen molar-refractivity contribution in [3.63, 3.8) is 0 Å². The average Bonchev–Trinajstić information content (AvgIpc) is 2.89. The van der Waals surface area contributed by atoms with Crippen molar-refractivity contribution in [3.8, 4) is 5.75 Å². The number of primary amides is 1. The number of allylic oxidation sites excluding steroid dienone is 2. The highest BCUT2D eigenvalue weighted by atomic mass is 32.2. The van der Waals surface area contributed by atoms with Crippen LogP contribution >= 0.6 is 12.1 Å². The second-order valence-electron chi connectivity index (χ2n) is 8.42. The molecule has 0 saturated carbocycles. The summed E-state index contributed by atoms with van der Waals surface area (Å²) in [5, 5.41) is 8.64. The molecule has 2 aromatic rings. The number of carbonyl (C=O) groups excluding carboxylic acids is 1. The van der Waals surface area contributed by atoms with Crippen molar-refractivity contribution in [2.24, 2.45) is 15.9 Å². The van der Waals surface area contributed by atoms with Crippen molar-refractivity contribution >= 4 is 29.8 Å². The summed E-state index contributed by atoms with van der Waals surface area (Å²) in [7, 11) is 1.67. The van der Waals surface area contributed by atoms with Gasteiger partial charge in [-0.1, -0.05) is 48.9 Å². The number of methoxy groups -OCH3 is 1. The predicted octanol–water partition coefficient (Wildman–Crippen LogP) is 5.92. The van der Waals surface area contributed by atoms with E-state index < -0.39 is 6.09 Å². The standard InChI is InChI=1S/C20H32N4OS.C8H9NO2/c1-15(2)20(18-10-12-19(25-5)13-11-18)24-17(4)23-16(3)9-7-6-8-14-22-26-21;9-8(10)11-6-7-4-2-1-3-5-7/h10-13,22H,3,6-9,14,21H2,1-2,4-5H3,(H,23,24);1-5H,6H2,(H2,9,10). The molecule has 1 amide bonds. The minimum absolute atomic E-state index is 0.246. The molecule has 9 heteroatoms. The van der Waals surface area contributed by atoms with E-state index in [1.54, 1.807) is 7.11 Å². The summed E-state index contributed by atoms with van der Waals surface area (Å²) in [5.74, 6) is 1.69. The van der Waals surface area contributed by atoms with Gasteiger partial charge in [0.05, 0.1) is 12.8 Å². The van der Waals surface area contributed by atoms with Crippen LogP contribution in [0.15, 0.2) is 77.4 Å². The zero-order valence-corrected chi connectivity index (χ0v) is 23.2. The Hall–Kier alpha value is -3.27. The molecule has 0 unspecified atom stereocenters. The maximum absolute atomic E-state index is 10.2. The smallest absolute Gasteiger partial charge is 0.404 e. The monoisotopic (exact) mass is 527 g/mol. The number of benzene rings is 2. The zero-order valence-electron chi connectivity index (χ0n) is 22.4. The molecule has 202 valence electrons. The summed E-state index contributed by atoms with van der Waals surface area (Å²) in [6, 6.07) is 17.3. The fourth-order valence-corrected chi connectivity index (χ4v) is 3.49. The van der Waals surface area contributed by atoms with Gasteiger partial charge in [0.1, 0.15) is 18.2 Å². The van der Waals surface area contributed by atoms with Crippen molar-refractivity contribution in [3.05, 3.63) is 83.6 Å². The Morgan fingerprint density at radius 2 is 1.70 bits per heavy atom. The van der Waals surface area contributed by atoms with E-state index in [9.17, 15) is 4.79 Å². The number of rotatable bonds is 13. The van der Waals surface area contributed by atoms with Crippen molar-refractivity contribution in [1.82, 2.24) is 10.0 Å². The quantitative estimate of drug-likeness (QED) is 0.110. The van der Waals surface area contributed by atoms with Crippen LogP contribution < -0.4 is 25.6 Å². The van der Waals surface area contributed by atoms with Gasteiger partial charge in [-0.3, -0.25) is 9.86 Å². The van der Waals surface area contributed by atoms with Gasteiger partial charge in [-0.25, -0.2) is 9.79 Å². The van der Waals surface area contributed by atoms with Crippen molar-refractivity contribution in [2.75, 3.05) is 13.7 Å². The van der Waals surface area contributed by atoms with Crippen molar-refractivity contribution in [1.29, 1.82) is 0 Å². The molecule has 0 aliphatic carbocycles. The minimum atomic E-state index is -0.742. The van der Waals surface area contributed by atoms with Crippen LogP contribution in [-0.4, -0.2) is 25.6 Å². The summed E-state index contributed by atoms with van der Waals surface area (Å²) >= 11 is 1.18. The third kappa shape index (κ3) is 14.8. The number of nitrogens with one attached hydrogen (secondary N) is 2. The van der Waals surface area contributed by atoms with Crippen LogP contribution in [0.1, 0.15) is 57.6 Å². The summed E-state index contributed by atoms with van der Waals surface area (Å²) < 4.78 is 12.8. The fraction of sp³-hybridized carbons (Fsp3) is 0.357.